The smallest absolute Gasteiger partial charge is 0.258 e. The van der Waals surface area contributed by atoms with Crippen molar-refractivity contribution in [2.45, 2.75) is 26.4 Å². The number of aromatic nitrogens is 1. The molecule has 7 heteroatoms. The maximum absolute atomic E-state index is 13.2. The average Bonchev–Trinajstić information content (AvgIpc) is 2.73. The van der Waals surface area contributed by atoms with Crippen molar-refractivity contribution in [1.29, 1.82) is 0 Å². The molecule has 0 aliphatic carbocycles. The number of carbonyl (C=O) groups is 1. The molecule has 0 fully saturated rings. The molecule has 0 aliphatic heterocycles. The van der Waals surface area contributed by atoms with Gasteiger partial charge in [-0.05, 0) is 43.7 Å². The number of halogens is 1. The molecule has 0 aliphatic rings. The number of benzene rings is 2. The van der Waals surface area contributed by atoms with Crippen LogP contribution in [0.2, 0.25) is 0 Å². The molecule has 0 saturated carbocycles. The molecule has 6 nitrogen and oxygen atoms in total. The van der Waals surface area contributed by atoms with Gasteiger partial charge >= 0.3 is 0 Å². The molecular formula is C22H23FN2O4. The molecule has 3 rings (SSSR count). The summed E-state index contributed by atoms with van der Waals surface area (Å²) < 4.78 is 25.3. The Bertz CT molecular complexity index is 1110. The van der Waals surface area contributed by atoms with E-state index in [9.17, 15) is 14.0 Å². The van der Waals surface area contributed by atoms with Crippen LogP contribution in [0.25, 0.3) is 10.8 Å². The number of nitrogens with one attached hydrogen (secondary N) is 1. The number of nitrogens with zero attached hydrogens (tertiary/aromatic N) is 1. The number of ether oxygens (including phenoxy) is 2. The highest BCUT2D eigenvalue weighted by molar-refractivity contribution is 6.07. The summed E-state index contributed by atoms with van der Waals surface area (Å²) in [5.74, 6) is 0.154. The zero-order valence-electron chi connectivity index (χ0n) is 16.8. The fourth-order valence-electron chi connectivity index (χ4n) is 3.24. The number of fused-ring (bicyclic) bond motifs is 1. The molecule has 0 radical (unpaired) electrons. The number of hydrogen-bond acceptors (Lipinski definition) is 4. The summed E-state index contributed by atoms with van der Waals surface area (Å²) in [7, 11) is 2.98. The number of methoxy groups -OCH3 is 2. The van der Waals surface area contributed by atoms with Crippen LogP contribution in [0, 0.1) is 5.82 Å². The van der Waals surface area contributed by atoms with Gasteiger partial charge in [0.1, 0.15) is 5.82 Å². The molecule has 0 saturated heterocycles. The summed E-state index contributed by atoms with van der Waals surface area (Å²) in [5, 5.41) is 3.75. The maximum atomic E-state index is 13.2. The molecule has 29 heavy (non-hydrogen) atoms. The Morgan fingerprint density at radius 1 is 1.10 bits per heavy atom. The lowest BCUT2D eigenvalue weighted by Gasteiger charge is -2.17. The van der Waals surface area contributed by atoms with Crippen LogP contribution in [-0.2, 0) is 6.54 Å². The molecule has 0 bridgehead atoms. The summed E-state index contributed by atoms with van der Waals surface area (Å²) >= 11 is 0. The standard InChI is InChI=1S/C22H23FN2O4/c1-5-25-12-18(21(26)24-13(2)14-6-8-15(23)9-7-14)16-10-19(28-3)20(29-4)11-17(16)22(25)27/h6-13H,5H2,1-4H3,(H,24,26)/t13-/m1/s1. The van der Waals surface area contributed by atoms with E-state index in [0.29, 0.717) is 34.4 Å². The number of pyridine rings is 1. The van der Waals surface area contributed by atoms with Gasteiger partial charge in [0.2, 0.25) is 0 Å². The minimum Gasteiger partial charge on any atom is -0.493 e. The Balaban J connectivity index is 2.09. The van der Waals surface area contributed by atoms with E-state index >= 15 is 0 Å². The van der Waals surface area contributed by atoms with Crippen LogP contribution in [0.15, 0.2) is 47.4 Å². The molecule has 1 heterocycles. The molecule has 2 aromatic carbocycles. The van der Waals surface area contributed by atoms with Crippen LogP contribution in [0.3, 0.4) is 0 Å². The third-order valence-electron chi connectivity index (χ3n) is 4.89. The zero-order chi connectivity index (χ0) is 21.1. The van der Waals surface area contributed by atoms with Gasteiger partial charge in [-0.25, -0.2) is 4.39 Å². The maximum Gasteiger partial charge on any atom is 0.258 e. The Hall–Kier alpha value is -3.35. The Morgan fingerprint density at radius 2 is 1.69 bits per heavy atom. The molecule has 3 aromatic rings. The van der Waals surface area contributed by atoms with Gasteiger partial charge in [0.25, 0.3) is 11.5 Å². The van der Waals surface area contributed by atoms with Crippen molar-refractivity contribution in [3.63, 3.8) is 0 Å². The summed E-state index contributed by atoms with van der Waals surface area (Å²) in [5.41, 5.74) is 0.898. The highest BCUT2D eigenvalue weighted by Gasteiger charge is 2.19. The van der Waals surface area contributed by atoms with E-state index in [1.54, 1.807) is 30.5 Å². The molecule has 1 N–H and O–H groups in total. The first-order valence-electron chi connectivity index (χ1n) is 9.25. The Kier molecular flexibility index (Phi) is 5.87. The van der Waals surface area contributed by atoms with E-state index in [4.69, 9.17) is 9.47 Å². The second-order valence-corrected chi connectivity index (χ2v) is 6.63. The van der Waals surface area contributed by atoms with E-state index in [1.807, 2.05) is 13.8 Å². The van der Waals surface area contributed by atoms with Crippen LogP contribution < -0.4 is 20.3 Å². The predicted octanol–water partition coefficient (Wildman–Crippen LogP) is 3.67. The average molecular weight is 398 g/mol. The van der Waals surface area contributed by atoms with Gasteiger partial charge in [0.15, 0.2) is 11.5 Å². The van der Waals surface area contributed by atoms with Crippen molar-refractivity contribution in [3.05, 3.63) is 69.9 Å². The summed E-state index contributed by atoms with van der Waals surface area (Å²) in [6, 6.07) is 8.82. The normalized spacial score (nSPS) is 11.9. The van der Waals surface area contributed by atoms with Gasteiger partial charge in [0, 0.05) is 18.1 Å². The molecule has 1 atom stereocenters. The first-order valence-corrected chi connectivity index (χ1v) is 9.25. The van der Waals surface area contributed by atoms with Crippen LogP contribution in [0.1, 0.15) is 35.8 Å². The second-order valence-electron chi connectivity index (χ2n) is 6.63. The summed E-state index contributed by atoms with van der Waals surface area (Å²) in [6.07, 6.45) is 1.54. The fraction of sp³-hybridized carbons (Fsp3) is 0.273. The first-order chi connectivity index (χ1) is 13.9. The first kappa shape index (κ1) is 20.4. The molecular weight excluding hydrogens is 375 g/mol. The lowest BCUT2D eigenvalue weighted by molar-refractivity contribution is 0.0941. The van der Waals surface area contributed by atoms with Crippen LogP contribution in [0.4, 0.5) is 4.39 Å². The number of carbonyl (C=O) groups excluding carboxylic acids is 1. The van der Waals surface area contributed by atoms with E-state index in [-0.39, 0.29) is 23.3 Å². The van der Waals surface area contributed by atoms with Crippen molar-refractivity contribution >= 4 is 16.7 Å². The Labute approximate surface area is 167 Å². The largest absolute Gasteiger partial charge is 0.493 e. The zero-order valence-corrected chi connectivity index (χ0v) is 16.8. The number of rotatable bonds is 6. The molecule has 1 aromatic heterocycles. The van der Waals surface area contributed by atoms with Crippen molar-refractivity contribution < 1.29 is 18.7 Å². The predicted molar refractivity (Wildman–Crippen MR) is 109 cm³/mol. The van der Waals surface area contributed by atoms with Crippen molar-refractivity contribution in [1.82, 2.24) is 9.88 Å². The fourth-order valence-corrected chi connectivity index (χ4v) is 3.24. The number of amides is 1. The van der Waals surface area contributed by atoms with Gasteiger partial charge in [0.05, 0.1) is 31.2 Å². The minimum atomic E-state index is -0.347. The van der Waals surface area contributed by atoms with Crippen molar-refractivity contribution in [3.8, 4) is 11.5 Å². The SMILES string of the molecule is CCn1cc(C(=O)N[C@H](C)c2ccc(F)cc2)c2cc(OC)c(OC)cc2c1=O. The summed E-state index contributed by atoms with van der Waals surface area (Å²) in [6.45, 7) is 4.06. The van der Waals surface area contributed by atoms with Gasteiger partial charge in [-0.15, -0.1) is 0 Å². The van der Waals surface area contributed by atoms with Gasteiger partial charge < -0.3 is 19.4 Å². The third kappa shape index (κ3) is 3.94. The van der Waals surface area contributed by atoms with Gasteiger partial charge in [-0.2, -0.15) is 0 Å². The third-order valence-corrected chi connectivity index (χ3v) is 4.89. The van der Waals surface area contributed by atoms with E-state index in [0.717, 1.165) is 5.56 Å². The highest BCUT2D eigenvalue weighted by Crippen LogP contribution is 2.32. The van der Waals surface area contributed by atoms with Gasteiger partial charge in [-0.1, -0.05) is 12.1 Å². The van der Waals surface area contributed by atoms with Crippen LogP contribution in [-0.4, -0.2) is 24.7 Å². The van der Waals surface area contributed by atoms with Crippen molar-refractivity contribution in [2.75, 3.05) is 14.2 Å². The topological polar surface area (TPSA) is 69.6 Å². The van der Waals surface area contributed by atoms with Crippen molar-refractivity contribution in [2.24, 2.45) is 0 Å². The van der Waals surface area contributed by atoms with Gasteiger partial charge in [-0.3, -0.25) is 9.59 Å². The molecule has 0 unspecified atom stereocenters. The second kappa shape index (κ2) is 8.34. The molecule has 152 valence electrons. The quantitative estimate of drug-likeness (QED) is 0.688. The van der Waals surface area contributed by atoms with E-state index in [2.05, 4.69) is 5.32 Å². The molecule has 1 amide bonds. The Morgan fingerprint density at radius 3 is 2.24 bits per heavy atom. The summed E-state index contributed by atoms with van der Waals surface area (Å²) in [4.78, 5) is 25.8. The highest BCUT2D eigenvalue weighted by atomic mass is 19.1. The van der Waals surface area contributed by atoms with E-state index < -0.39 is 0 Å². The number of hydrogen-bond donors (Lipinski definition) is 1. The lowest BCUT2D eigenvalue weighted by Crippen LogP contribution is -2.29. The number of aryl methyl sites for hydroxylation is 1. The monoisotopic (exact) mass is 398 g/mol. The van der Waals surface area contributed by atoms with Crippen LogP contribution >= 0.6 is 0 Å². The van der Waals surface area contributed by atoms with Crippen LogP contribution in [0.5, 0.6) is 11.5 Å². The van der Waals surface area contributed by atoms with E-state index in [1.165, 1.54) is 30.9 Å². The molecule has 0 spiro atoms. The minimum absolute atomic E-state index is 0.216. The lowest BCUT2D eigenvalue weighted by atomic mass is 10.0.